The van der Waals surface area contributed by atoms with Crippen LogP contribution in [0.1, 0.15) is 24.8 Å². The Bertz CT molecular complexity index is 1020. The summed E-state index contributed by atoms with van der Waals surface area (Å²) in [5.41, 5.74) is 2.65. The van der Waals surface area contributed by atoms with Crippen molar-refractivity contribution in [3.63, 3.8) is 0 Å². The lowest BCUT2D eigenvalue weighted by molar-refractivity contribution is -0.118. The molecule has 2 aromatic carbocycles. The van der Waals surface area contributed by atoms with Gasteiger partial charge in [-0.3, -0.25) is 4.98 Å². The summed E-state index contributed by atoms with van der Waals surface area (Å²) in [7, 11) is 0. The maximum atomic E-state index is 11.5. The van der Waals surface area contributed by atoms with Crippen LogP contribution in [0.5, 0.6) is 0 Å². The molecule has 4 rings (SSSR count). The van der Waals surface area contributed by atoms with Crippen LogP contribution in [-0.4, -0.2) is 17.0 Å². The topological polar surface area (TPSA) is 53.8 Å². The molecule has 3 nitrogen and oxygen atoms in total. The van der Waals surface area contributed by atoms with Crippen LogP contribution in [0.3, 0.4) is 0 Å². The molecule has 4 heteroatoms. The molecule has 1 fully saturated rings. The molecule has 26 heavy (non-hydrogen) atoms. The molecular weight excluding hydrogens is 340 g/mol. The van der Waals surface area contributed by atoms with Gasteiger partial charge in [-0.1, -0.05) is 36.8 Å². The molecular formula is C22H18N2OS. The summed E-state index contributed by atoms with van der Waals surface area (Å²) >= 11 is 1.73. The summed E-state index contributed by atoms with van der Waals surface area (Å²) in [6, 6.07) is 16.1. The van der Waals surface area contributed by atoms with Crippen molar-refractivity contribution in [2.24, 2.45) is 5.41 Å². The van der Waals surface area contributed by atoms with Crippen molar-refractivity contribution < 1.29 is 4.79 Å². The molecule has 0 radical (unpaired) electrons. The maximum Gasteiger partial charge on any atom is 0.126 e. The average Bonchev–Trinajstić information content (AvgIpc) is 2.67. The molecule has 0 aliphatic heterocycles. The van der Waals surface area contributed by atoms with Crippen molar-refractivity contribution in [2.45, 2.75) is 24.2 Å². The summed E-state index contributed by atoms with van der Waals surface area (Å²) in [6.07, 6.45) is 7.94. The highest BCUT2D eigenvalue weighted by Gasteiger charge is 2.36. The minimum Gasteiger partial charge on any atom is -0.303 e. The van der Waals surface area contributed by atoms with E-state index in [1.165, 1.54) is 0 Å². The molecule has 0 N–H and O–H groups in total. The van der Waals surface area contributed by atoms with Crippen LogP contribution in [0.15, 0.2) is 59.8 Å². The summed E-state index contributed by atoms with van der Waals surface area (Å²) in [5.74, 6) is 0.807. The number of fused-ring (bicyclic) bond motifs is 1. The van der Waals surface area contributed by atoms with E-state index in [0.717, 1.165) is 58.1 Å². The predicted molar refractivity (Wildman–Crippen MR) is 105 cm³/mol. The van der Waals surface area contributed by atoms with Gasteiger partial charge in [-0.05, 0) is 35.9 Å². The van der Waals surface area contributed by atoms with Gasteiger partial charge in [-0.15, -0.1) is 11.8 Å². The highest BCUT2D eigenvalue weighted by molar-refractivity contribution is 7.99. The molecule has 0 saturated heterocycles. The first-order chi connectivity index (χ1) is 12.8. The first-order valence-corrected chi connectivity index (χ1v) is 9.70. The first-order valence-electron chi connectivity index (χ1n) is 8.72. The van der Waals surface area contributed by atoms with Crippen LogP contribution in [0.2, 0.25) is 0 Å². The number of carbonyl (C=O) groups excluding carboxylic acids is 1. The highest BCUT2D eigenvalue weighted by atomic mass is 32.2. The molecule has 1 aromatic heterocycles. The molecule has 0 bridgehead atoms. The van der Waals surface area contributed by atoms with Crippen LogP contribution >= 0.6 is 11.8 Å². The average molecular weight is 358 g/mol. The highest BCUT2D eigenvalue weighted by Crippen LogP contribution is 2.45. The van der Waals surface area contributed by atoms with Crippen molar-refractivity contribution in [3.05, 3.63) is 60.4 Å². The number of carbonyl (C=O) groups is 1. The second-order valence-electron chi connectivity index (χ2n) is 6.81. The molecule has 1 aliphatic rings. The quantitative estimate of drug-likeness (QED) is 0.462. The van der Waals surface area contributed by atoms with Crippen LogP contribution in [-0.2, 0) is 4.79 Å². The largest absolute Gasteiger partial charge is 0.303 e. The van der Waals surface area contributed by atoms with Gasteiger partial charge >= 0.3 is 0 Å². The fourth-order valence-corrected chi connectivity index (χ4v) is 4.76. The van der Waals surface area contributed by atoms with Crippen molar-refractivity contribution in [1.82, 2.24) is 4.98 Å². The molecule has 1 aliphatic carbocycles. The lowest BCUT2D eigenvalue weighted by Gasteiger charge is -2.36. The lowest BCUT2D eigenvalue weighted by Crippen LogP contribution is -2.33. The van der Waals surface area contributed by atoms with E-state index in [1.807, 2.05) is 48.7 Å². The van der Waals surface area contributed by atoms with Crippen molar-refractivity contribution in [1.29, 1.82) is 5.26 Å². The number of thioether (sulfide) groups is 1. The minimum atomic E-state index is -0.155. The third kappa shape index (κ3) is 2.89. The molecule has 0 spiro atoms. The number of aromatic nitrogens is 1. The monoisotopic (exact) mass is 358 g/mol. The minimum absolute atomic E-state index is 0.155. The van der Waals surface area contributed by atoms with Crippen molar-refractivity contribution >= 4 is 28.8 Å². The van der Waals surface area contributed by atoms with E-state index in [2.05, 4.69) is 11.1 Å². The smallest absolute Gasteiger partial charge is 0.126 e. The van der Waals surface area contributed by atoms with Gasteiger partial charge in [-0.25, -0.2) is 0 Å². The Hall–Kier alpha value is -2.64. The Labute approximate surface area is 157 Å². The van der Waals surface area contributed by atoms with Gasteiger partial charge in [-0.2, -0.15) is 5.26 Å². The van der Waals surface area contributed by atoms with Crippen LogP contribution in [0, 0.1) is 16.7 Å². The van der Waals surface area contributed by atoms with Gasteiger partial charge in [0, 0.05) is 39.4 Å². The van der Waals surface area contributed by atoms with Gasteiger partial charge in [0.05, 0.1) is 11.6 Å². The number of nitrogens with zero attached hydrogens (tertiary/aromatic N) is 2. The van der Waals surface area contributed by atoms with Gasteiger partial charge in [0.15, 0.2) is 0 Å². The third-order valence-corrected chi connectivity index (χ3v) is 6.62. The second-order valence-corrected chi connectivity index (χ2v) is 7.83. The van der Waals surface area contributed by atoms with Crippen LogP contribution in [0.4, 0.5) is 0 Å². The molecule has 0 atom stereocenters. The van der Waals surface area contributed by atoms with E-state index in [4.69, 9.17) is 0 Å². The van der Waals surface area contributed by atoms with E-state index in [1.54, 1.807) is 18.0 Å². The van der Waals surface area contributed by atoms with E-state index in [0.29, 0.717) is 5.56 Å². The van der Waals surface area contributed by atoms with Gasteiger partial charge in [0.25, 0.3) is 0 Å². The summed E-state index contributed by atoms with van der Waals surface area (Å²) in [4.78, 5) is 16.9. The SMILES string of the molecule is N#Cc1ccc(-c2cnccc2SCC2(C=O)CCC2)c2ccccc12. The first kappa shape index (κ1) is 16.8. The normalized spacial score (nSPS) is 15.2. The number of nitriles is 1. The van der Waals surface area contributed by atoms with Crippen molar-refractivity contribution in [3.8, 4) is 17.2 Å². The third-order valence-electron chi connectivity index (χ3n) is 5.23. The number of rotatable bonds is 5. The van der Waals surface area contributed by atoms with E-state index in [-0.39, 0.29) is 5.41 Å². The summed E-state index contributed by atoms with van der Waals surface area (Å²) in [5, 5.41) is 11.4. The van der Waals surface area contributed by atoms with E-state index < -0.39 is 0 Å². The predicted octanol–water partition coefficient (Wildman–Crippen LogP) is 5.23. The number of hydrogen-bond acceptors (Lipinski definition) is 4. The molecule has 128 valence electrons. The van der Waals surface area contributed by atoms with Gasteiger partial charge in [0.1, 0.15) is 6.29 Å². The fourth-order valence-electron chi connectivity index (χ4n) is 3.49. The molecule has 3 aromatic rings. The van der Waals surface area contributed by atoms with E-state index >= 15 is 0 Å². The number of aldehydes is 1. The molecule has 1 saturated carbocycles. The lowest BCUT2D eigenvalue weighted by atomic mass is 9.72. The summed E-state index contributed by atoms with van der Waals surface area (Å²) in [6.45, 7) is 0. The number of benzene rings is 2. The number of pyridine rings is 1. The molecule has 0 amide bonds. The Morgan fingerprint density at radius 1 is 1.12 bits per heavy atom. The molecule has 0 unspecified atom stereocenters. The van der Waals surface area contributed by atoms with Gasteiger partial charge < -0.3 is 4.79 Å². The zero-order valence-corrected chi connectivity index (χ0v) is 15.1. The van der Waals surface area contributed by atoms with E-state index in [9.17, 15) is 10.1 Å². The Kier molecular flexibility index (Phi) is 4.48. The zero-order chi connectivity index (χ0) is 18.0. The summed E-state index contributed by atoms with van der Waals surface area (Å²) < 4.78 is 0. The van der Waals surface area contributed by atoms with Crippen LogP contribution < -0.4 is 0 Å². The molecule has 1 heterocycles. The Morgan fingerprint density at radius 2 is 1.92 bits per heavy atom. The second kappa shape index (κ2) is 6.93. The van der Waals surface area contributed by atoms with Gasteiger partial charge in [0.2, 0.25) is 0 Å². The van der Waals surface area contributed by atoms with Crippen molar-refractivity contribution in [2.75, 3.05) is 5.75 Å². The Morgan fingerprint density at radius 3 is 2.62 bits per heavy atom. The Balaban J connectivity index is 1.77. The fraction of sp³-hybridized carbons (Fsp3) is 0.227. The number of hydrogen-bond donors (Lipinski definition) is 0. The zero-order valence-electron chi connectivity index (χ0n) is 14.3. The maximum absolute atomic E-state index is 11.5. The standard InChI is InChI=1S/C22H18N2OS/c23-12-16-6-7-19(18-5-2-1-4-17(16)18)20-13-24-11-8-21(20)26-15-22(14-25)9-3-10-22/h1-2,4-8,11,13-14H,3,9-10,15H2. The van der Waals surface area contributed by atoms with Crippen LogP contribution in [0.25, 0.3) is 21.9 Å².